The lowest BCUT2D eigenvalue weighted by Crippen LogP contribution is -2.60. The number of benzene rings is 8. The third-order valence-electron chi connectivity index (χ3n) is 14.1. The van der Waals surface area contributed by atoms with Crippen molar-refractivity contribution in [3.63, 3.8) is 0 Å². The van der Waals surface area contributed by atoms with Crippen LogP contribution in [0.5, 0.6) is 0 Å². The summed E-state index contributed by atoms with van der Waals surface area (Å²) in [6.45, 7) is 13.5. The summed E-state index contributed by atoms with van der Waals surface area (Å²) in [7, 11) is 0. The van der Waals surface area contributed by atoms with Crippen LogP contribution in [-0.4, -0.2) is 11.4 Å². The van der Waals surface area contributed by atoms with Crippen molar-refractivity contribution in [1.82, 2.24) is 4.57 Å². The maximum Gasteiger partial charge on any atom is 0.333 e. The molecule has 2 aliphatic heterocycles. The molecular weight excluding hydrogens is 759 g/mol. The SMILES string of the molecule is CC(C)(C)c1ccc(N2B3c4cc5c(cc4-n4c6ccc(C(C)(C)C)cc6c6c7oc8ccccc8c7c(c3c64)-c3cc4c(cc32)oc2ccccc24)oc2ccccc25)cc1. The summed E-state index contributed by atoms with van der Waals surface area (Å²) in [5.41, 5.74) is 18.4. The van der Waals surface area contributed by atoms with E-state index >= 15 is 0 Å². The highest BCUT2D eigenvalue weighted by molar-refractivity contribution is 6.94. The van der Waals surface area contributed by atoms with Crippen LogP contribution < -0.4 is 15.7 Å². The van der Waals surface area contributed by atoms with E-state index in [1.807, 2.05) is 0 Å². The van der Waals surface area contributed by atoms with Gasteiger partial charge in [0, 0.05) is 72.5 Å². The fourth-order valence-corrected chi connectivity index (χ4v) is 11.1. The van der Waals surface area contributed by atoms with E-state index in [2.05, 4.69) is 190 Å². The molecule has 62 heavy (non-hydrogen) atoms. The second kappa shape index (κ2) is 11.4. The van der Waals surface area contributed by atoms with E-state index in [0.717, 1.165) is 93.8 Å². The standard InChI is InChI=1S/C56H41BN2O3/c1-55(2,3)30-19-22-32(23-20-30)59-42-28-47-36(33-13-7-10-16-44(33)60-47)26-39(42)49-50-35-15-9-12-18-46(35)62-54(50)51-38-25-31(56(4,5)6)21-24-41(38)58-43-29-48-37(34-14-8-11-17-45(34)61-48)27-40(43)57(59)52(49)53(51)58/h7-29H,1-6H3. The zero-order valence-corrected chi connectivity index (χ0v) is 35.5. The minimum atomic E-state index is -0.215. The predicted octanol–water partition coefficient (Wildman–Crippen LogP) is 14.3. The van der Waals surface area contributed by atoms with Crippen molar-refractivity contribution in [2.75, 3.05) is 4.81 Å². The molecule has 14 rings (SSSR count). The first-order valence-electron chi connectivity index (χ1n) is 21.8. The van der Waals surface area contributed by atoms with Crippen molar-refractivity contribution >= 4 is 117 Å². The van der Waals surface area contributed by atoms with Gasteiger partial charge < -0.3 is 22.6 Å². The van der Waals surface area contributed by atoms with Gasteiger partial charge in [0.1, 0.15) is 33.5 Å². The van der Waals surface area contributed by atoms with E-state index in [1.54, 1.807) is 0 Å². The molecule has 0 bridgehead atoms. The van der Waals surface area contributed by atoms with Crippen LogP contribution in [-0.2, 0) is 10.8 Å². The van der Waals surface area contributed by atoms with Crippen LogP contribution in [0.2, 0.25) is 0 Å². The van der Waals surface area contributed by atoms with Crippen LogP contribution in [0, 0.1) is 0 Å². The average molecular weight is 801 g/mol. The van der Waals surface area contributed by atoms with Gasteiger partial charge in [-0.15, -0.1) is 0 Å². The second-order valence-electron chi connectivity index (χ2n) is 19.7. The van der Waals surface area contributed by atoms with Gasteiger partial charge in [0.05, 0.1) is 16.4 Å². The molecule has 4 aromatic heterocycles. The molecule has 0 saturated heterocycles. The Hall–Kier alpha value is -7.18. The van der Waals surface area contributed by atoms with Crippen molar-refractivity contribution < 1.29 is 13.3 Å². The van der Waals surface area contributed by atoms with E-state index in [4.69, 9.17) is 13.3 Å². The summed E-state index contributed by atoms with van der Waals surface area (Å²) in [4.78, 5) is 2.60. The van der Waals surface area contributed by atoms with Crippen LogP contribution in [0.3, 0.4) is 0 Å². The molecule has 8 aromatic carbocycles. The highest BCUT2D eigenvalue weighted by atomic mass is 16.3. The molecule has 0 fully saturated rings. The molecule has 12 aromatic rings. The molecule has 6 heterocycles. The summed E-state index contributed by atoms with van der Waals surface area (Å²) < 4.78 is 23.1. The zero-order chi connectivity index (χ0) is 41.6. The molecule has 0 atom stereocenters. The number of anilines is 2. The molecule has 2 aliphatic rings. The largest absolute Gasteiger partial charge is 0.456 e. The number of furan rings is 3. The van der Waals surface area contributed by atoms with Gasteiger partial charge in [0.2, 0.25) is 0 Å². The van der Waals surface area contributed by atoms with Gasteiger partial charge >= 0.3 is 6.85 Å². The van der Waals surface area contributed by atoms with Crippen LogP contribution in [0.25, 0.3) is 104 Å². The van der Waals surface area contributed by atoms with Gasteiger partial charge in [-0.1, -0.05) is 120 Å². The van der Waals surface area contributed by atoms with Crippen molar-refractivity contribution in [3.05, 3.63) is 151 Å². The maximum atomic E-state index is 7.19. The average Bonchev–Trinajstić information content (AvgIpc) is 4.02. The third kappa shape index (κ3) is 4.34. The Kier molecular flexibility index (Phi) is 6.34. The monoisotopic (exact) mass is 800 g/mol. The van der Waals surface area contributed by atoms with E-state index < -0.39 is 0 Å². The molecule has 0 N–H and O–H groups in total. The maximum absolute atomic E-state index is 7.19. The van der Waals surface area contributed by atoms with Crippen LogP contribution in [0.4, 0.5) is 11.4 Å². The molecule has 0 saturated carbocycles. The topological polar surface area (TPSA) is 47.6 Å². The van der Waals surface area contributed by atoms with E-state index in [0.29, 0.717) is 0 Å². The van der Waals surface area contributed by atoms with Gasteiger partial charge in [-0.3, -0.25) is 0 Å². The summed E-state index contributed by atoms with van der Waals surface area (Å²) >= 11 is 0. The predicted molar refractivity (Wildman–Crippen MR) is 259 cm³/mol. The van der Waals surface area contributed by atoms with Crippen LogP contribution in [0.15, 0.2) is 153 Å². The highest BCUT2D eigenvalue weighted by Gasteiger charge is 2.46. The minimum Gasteiger partial charge on any atom is -0.456 e. The number of para-hydroxylation sites is 3. The Balaban J connectivity index is 1.24. The summed E-state index contributed by atoms with van der Waals surface area (Å²) in [5.74, 6) is 0. The fourth-order valence-electron chi connectivity index (χ4n) is 11.1. The Bertz CT molecular complexity index is 3960. The molecule has 6 heteroatoms. The van der Waals surface area contributed by atoms with Gasteiger partial charge in [0.25, 0.3) is 0 Å². The first-order chi connectivity index (χ1) is 30.0. The first-order valence-corrected chi connectivity index (χ1v) is 21.8. The lowest BCUT2D eigenvalue weighted by atomic mass is 9.43. The quantitative estimate of drug-likeness (QED) is 0.155. The highest BCUT2D eigenvalue weighted by Crippen LogP contribution is 2.53. The Morgan fingerprint density at radius 3 is 1.71 bits per heavy atom. The fraction of sp³-hybridized carbons (Fsp3) is 0.143. The molecule has 0 aliphatic carbocycles. The molecule has 0 amide bonds. The third-order valence-corrected chi connectivity index (χ3v) is 14.1. The number of hydrogen-bond donors (Lipinski definition) is 0. The van der Waals surface area contributed by atoms with Crippen LogP contribution >= 0.6 is 0 Å². The number of hydrogen-bond acceptors (Lipinski definition) is 4. The van der Waals surface area contributed by atoms with E-state index in [-0.39, 0.29) is 17.7 Å². The summed E-state index contributed by atoms with van der Waals surface area (Å²) in [6, 6.07) is 51.2. The molecule has 296 valence electrons. The first kappa shape index (κ1) is 34.5. The van der Waals surface area contributed by atoms with Gasteiger partial charge in [0.15, 0.2) is 0 Å². The van der Waals surface area contributed by atoms with Crippen LogP contribution in [0.1, 0.15) is 52.7 Å². The number of nitrogens with zero attached hydrogens (tertiary/aromatic N) is 2. The molecular formula is C56H41BN2O3. The molecule has 5 nitrogen and oxygen atoms in total. The lowest BCUT2D eigenvalue weighted by Gasteiger charge is -2.42. The van der Waals surface area contributed by atoms with Crippen molar-refractivity contribution in [2.45, 2.75) is 52.4 Å². The Labute approximate surface area is 357 Å². The Morgan fingerprint density at radius 1 is 0.468 bits per heavy atom. The zero-order valence-electron chi connectivity index (χ0n) is 35.5. The Morgan fingerprint density at radius 2 is 1.05 bits per heavy atom. The summed E-state index contributed by atoms with van der Waals surface area (Å²) in [6.07, 6.45) is 0. The summed E-state index contributed by atoms with van der Waals surface area (Å²) in [5, 5.41) is 9.07. The van der Waals surface area contributed by atoms with Crippen molar-refractivity contribution in [3.8, 4) is 16.8 Å². The number of aromatic nitrogens is 1. The molecule has 0 radical (unpaired) electrons. The molecule has 0 spiro atoms. The van der Waals surface area contributed by atoms with Gasteiger partial charge in [-0.25, -0.2) is 0 Å². The van der Waals surface area contributed by atoms with Gasteiger partial charge in [-0.2, -0.15) is 0 Å². The smallest absolute Gasteiger partial charge is 0.333 e. The molecule has 0 unspecified atom stereocenters. The number of fused-ring (bicyclic) bond motifs is 19. The van der Waals surface area contributed by atoms with Crippen molar-refractivity contribution in [2.24, 2.45) is 0 Å². The van der Waals surface area contributed by atoms with Gasteiger partial charge in [-0.05, 0) is 87.0 Å². The normalized spacial score (nSPS) is 13.9. The second-order valence-corrected chi connectivity index (χ2v) is 19.7. The minimum absolute atomic E-state index is 0.00368. The number of rotatable bonds is 1. The van der Waals surface area contributed by atoms with E-state index in [1.165, 1.54) is 44.1 Å². The lowest BCUT2D eigenvalue weighted by molar-refractivity contribution is 0.590. The van der Waals surface area contributed by atoms with E-state index in [9.17, 15) is 0 Å². The van der Waals surface area contributed by atoms with Crippen molar-refractivity contribution in [1.29, 1.82) is 0 Å².